The molecular weight excluding hydrogens is 458 g/mol. The molecule has 0 heterocycles. The summed E-state index contributed by atoms with van der Waals surface area (Å²) < 4.78 is 0. The van der Waals surface area contributed by atoms with E-state index in [4.69, 9.17) is 33.1 Å². The summed E-state index contributed by atoms with van der Waals surface area (Å²) in [5.41, 5.74) is 19.5. The molecule has 0 saturated heterocycles. The maximum atomic E-state index is 9.74. The molecule has 0 aromatic heterocycles. The van der Waals surface area contributed by atoms with Gasteiger partial charge in [0.2, 0.25) is 0 Å². The van der Waals surface area contributed by atoms with Crippen LogP contribution in [0.2, 0.25) is 0 Å². The summed E-state index contributed by atoms with van der Waals surface area (Å²) in [5.74, 6) is -3.99. The summed E-state index contributed by atoms with van der Waals surface area (Å²) >= 11 is 7.59. The Labute approximate surface area is 180 Å². The Balaban J connectivity index is -0.0000000843. The predicted molar refractivity (Wildman–Crippen MR) is 96.3 cm³/mol. The first-order chi connectivity index (χ1) is 11.9. The van der Waals surface area contributed by atoms with Crippen LogP contribution in [0, 0.1) is 0 Å². The molecule has 156 valence electrons. The van der Waals surface area contributed by atoms with Crippen LogP contribution in [0.1, 0.15) is 12.8 Å². The molecule has 10 N–H and O–H groups in total. The van der Waals surface area contributed by atoms with E-state index in [0.29, 0.717) is 13.1 Å². The van der Waals surface area contributed by atoms with Crippen molar-refractivity contribution < 1.29 is 59.1 Å². The Morgan fingerprint density at radius 3 is 1.00 bits per heavy atom. The second-order valence-electron chi connectivity index (χ2n) is 4.07. The van der Waals surface area contributed by atoms with Gasteiger partial charge >= 0.3 is 31.4 Å². The first-order valence-corrected chi connectivity index (χ1v) is 8.15. The number of carbonyl (C=O) groups excluding carboxylic acids is 2. The number of aliphatic carboxylic acids is 4. The molecule has 0 aromatic rings. The van der Waals surface area contributed by atoms with Crippen LogP contribution < -0.4 is 33.1 Å². The number of carboxylic acid groups (broad SMARTS) is 4. The van der Waals surface area contributed by atoms with Gasteiger partial charge in [0.05, 0.1) is 36.9 Å². The van der Waals surface area contributed by atoms with Crippen LogP contribution in [0.25, 0.3) is 0 Å². The SMILES string of the molecule is NCCS.NCCS.N[C@@H](CC(=O)O)C(=O)[O-].N[C@@H](CC(=O)O)C(=O)[O-].[Zn+2]. The molecule has 27 heavy (non-hydrogen) atoms. The van der Waals surface area contributed by atoms with Crippen molar-refractivity contribution in [3.05, 3.63) is 0 Å². The summed E-state index contributed by atoms with van der Waals surface area (Å²) in [4.78, 5) is 39.0. The van der Waals surface area contributed by atoms with Crippen molar-refractivity contribution in [3.63, 3.8) is 0 Å². The molecule has 0 saturated carbocycles. The Hall–Kier alpha value is -0.957. The molecule has 0 aliphatic carbocycles. The van der Waals surface area contributed by atoms with E-state index in [1.165, 1.54) is 0 Å². The third kappa shape index (κ3) is 45.8. The van der Waals surface area contributed by atoms with Crippen molar-refractivity contribution in [1.82, 2.24) is 0 Å². The molecule has 0 bridgehead atoms. The van der Waals surface area contributed by atoms with E-state index >= 15 is 0 Å². The predicted octanol–water partition coefficient (Wildman–Crippen LogP) is -5.18. The molecule has 0 spiro atoms. The van der Waals surface area contributed by atoms with Crippen LogP contribution in [0.5, 0.6) is 0 Å². The molecule has 15 heteroatoms. The monoisotopic (exact) mass is 482 g/mol. The largest absolute Gasteiger partial charge is 2.00 e. The Bertz CT molecular complexity index is 368. The molecule has 0 unspecified atom stereocenters. The number of hydrogen-bond acceptors (Lipinski definition) is 12. The summed E-state index contributed by atoms with van der Waals surface area (Å²) in [5, 5.41) is 35.4. The van der Waals surface area contributed by atoms with Crippen molar-refractivity contribution in [3.8, 4) is 0 Å². The minimum atomic E-state index is -1.54. The van der Waals surface area contributed by atoms with E-state index in [1.54, 1.807) is 0 Å². The second-order valence-corrected chi connectivity index (χ2v) is 4.97. The van der Waals surface area contributed by atoms with Crippen LogP contribution in [-0.4, -0.2) is 70.8 Å². The third-order valence-corrected chi connectivity index (χ3v) is 2.17. The third-order valence-electron chi connectivity index (χ3n) is 1.65. The zero-order valence-electron chi connectivity index (χ0n) is 14.7. The van der Waals surface area contributed by atoms with Crippen molar-refractivity contribution in [2.45, 2.75) is 24.9 Å². The van der Waals surface area contributed by atoms with Crippen molar-refractivity contribution >= 4 is 49.1 Å². The van der Waals surface area contributed by atoms with E-state index in [0.717, 1.165) is 11.5 Å². The van der Waals surface area contributed by atoms with E-state index in [2.05, 4.69) is 25.3 Å². The number of nitrogens with two attached hydrogens (primary N) is 4. The fourth-order valence-corrected chi connectivity index (χ4v) is 0.543. The van der Waals surface area contributed by atoms with Crippen LogP contribution in [0.4, 0.5) is 0 Å². The fourth-order valence-electron chi connectivity index (χ4n) is 0.543. The van der Waals surface area contributed by atoms with Crippen LogP contribution in [0.3, 0.4) is 0 Å². The van der Waals surface area contributed by atoms with Gasteiger partial charge in [-0.15, -0.1) is 0 Å². The van der Waals surface area contributed by atoms with E-state index in [9.17, 15) is 29.4 Å². The average molecular weight is 484 g/mol. The van der Waals surface area contributed by atoms with Gasteiger partial charge in [-0.2, -0.15) is 25.3 Å². The van der Waals surface area contributed by atoms with Crippen molar-refractivity contribution in [1.29, 1.82) is 0 Å². The normalized spacial score (nSPS) is 10.6. The van der Waals surface area contributed by atoms with Gasteiger partial charge in [0, 0.05) is 24.6 Å². The molecule has 0 aliphatic heterocycles. The van der Waals surface area contributed by atoms with Crippen molar-refractivity contribution in [2.75, 3.05) is 24.6 Å². The standard InChI is InChI=1S/2C4H7NO4.2C2H7NS.Zn/c2*5-2(4(8)9)1-3(6)7;2*3-1-2-4;/h2*2H,1,5H2,(H,6,7)(H,8,9);2*4H,1-3H2;/q;;;;+2/p-2/t2*2-;;;/m00.../s1. The van der Waals surface area contributed by atoms with E-state index in [-0.39, 0.29) is 19.5 Å². The maximum absolute atomic E-state index is 9.74. The number of carbonyl (C=O) groups is 4. The molecule has 0 amide bonds. The Morgan fingerprint density at radius 2 is 0.963 bits per heavy atom. The summed E-state index contributed by atoms with van der Waals surface area (Å²) in [7, 11) is 0. The molecular formula is C12H26N4O8S2Zn. The van der Waals surface area contributed by atoms with Gasteiger partial charge in [0.1, 0.15) is 0 Å². The molecule has 12 nitrogen and oxygen atoms in total. The quantitative estimate of drug-likeness (QED) is 0.119. The van der Waals surface area contributed by atoms with Gasteiger partial charge in [-0.05, 0) is 0 Å². The van der Waals surface area contributed by atoms with Crippen LogP contribution in [-0.2, 0) is 38.7 Å². The molecule has 2 atom stereocenters. The summed E-state index contributed by atoms with van der Waals surface area (Å²) in [6.07, 6.45) is -1.19. The minimum Gasteiger partial charge on any atom is -0.548 e. The number of thiol groups is 2. The first-order valence-electron chi connectivity index (χ1n) is 6.89. The van der Waals surface area contributed by atoms with Gasteiger partial charge in [0.25, 0.3) is 0 Å². The molecule has 0 radical (unpaired) electrons. The van der Waals surface area contributed by atoms with Crippen LogP contribution in [0.15, 0.2) is 0 Å². The van der Waals surface area contributed by atoms with Gasteiger partial charge < -0.3 is 52.9 Å². The van der Waals surface area contributed by atoms with Gasteiger partial charge in [-0.3, -0.25) is 9.59 Å². The van der Waals surface area contributed by atoms with Crippen LogP contribution >= 0.6 is 25.3 Å². The first kappa shape index (κ1) is 36.9. The second kappa shape index (κ2) is 27.3. The summed E-state index contributed by atoms with van der Waals surface area (Å²) in [6.45, 7) is 1.37. The van der Waals surface area contributed by atoms with E-state index < -0.39 is 48.8 Å². The summed E-state index contributed by atoms with van der Waals surface area (Å²) in [6, 6.07) is -2.80. The van der Waals surface area contributed by atoms with Gasteiger partial charge in [-0.1, -0.05) is 0 Å². The molecule has 0 fully saturated rings. The number of hydrogen-bond donors (Lipinski definition) is 8. The smallest absolute Gasteiger partial charge is 0.548 e. The zero-order valence-corrected chi connectivity index (χ0v) is 19.4. The number of rotatable bonds is 8. The maximum Gasteiger partial charge on any atom is 2.00 e. The molecule has 0 aliphatic rings. The van der Waals surface area contributed by atoms with Gasteiger partial charge in [0.15, 0.2) is 0 Å². The molecule has 0 rings (SSSR count). The fraction of sp³-hybridized carbons (Fsp3) is 0.667. The molecule has 0 aromatic carbocycles. The van der Waals surface area contributed by atoms with Gasteiger partial charge in [-0.25, -0.2) is 0 Å². The van der Waals surface area contributed by atoms with Crippen molar-refractivity contribution in [2.24, 2.45) is 22.9 Å². The topological polar surface area (TPSA) is 259 Å². The average Bonchev–Trinajstić information content (AvgIpc) is 2.54. The Morgan fingerprint density at radius 1 is 0.778 bits per heavy atom. The Kier molecular flexibility index (Phi) is 37.2. The van der Waals surface area contributed by atoms with E-state index in [1.807, 2.05) is 0 Å². The zero-order chi connectivity index (χ0) is 21.7. The minimum absolute atomic E-state index is 0. The number of carboxylic acids is 4.